The maximum Gasteiger partial charge on any atom is 0.319 e. The topological polar surface area (TPSA) is 106 Å². The Morgan fingerprint density at radius 3 is 2.41 bits per heavy atom. The molecule has 1 aromatic carbocycles. The first-order chi connectivity index (χ1) is 13.8. The highest BCUT2D eigenvalue weighted by atomic mass is 32.2. The van der Waals surface area contributed by atoms with Gasteiger partial charge in [-0.3, -0.25) is 24.5 Å². The third kappa shape index (κ3) is 7.11. The van der Waals surface area contributed by atoms with Crippen LogP contribution in [-0.2, 0) is 26.2 Å². The Labute approximate surface area is 173 Å². The van der Waals surface area contributed by atoms with Gasteiger partial charge in [0.1, 0.15) is 10.9 Å². The van der Waals surface area contributed by atoms with Gasteiger partial charge in [-0.2, -0.15) is 0 Å². The highest BCUT2D eigenvalue weighted by Gasteiger charge is 2.19. The lowest BCUT2D eigenvalue weighted by Gasteiger charge is -2.11. The number of ether oxygens (including phenoxy) is 1. The van der Waals surface area contributed by atoms with Crippen LogP contribution in [0.5, 0.6) is 0 Å². The fourth-order valence-corrected chi connectivity index (χ4v) is 2.96. The van der Waals surface area contributed by atoms with Crippen molar-refractivity contribution in [3.8, 4) is 0 Å². The summed E-state index contributed by atoms with van der Waals surface area (Å²) in [4.78, 5) is 47.7. The number of carbonyl (C=O) groups excluding carboxylic acids is 4. The largest absolute Gasteiger partial charge is 0.455 e. The summed E-state index contributed by atoms with van der Waals surface area (Å²) in [5.41, 5.74) is 2.08. The van der Waals surface area contributed by atoms with Gasteiger partial charge in [0.05, 0.1) is 5.75 Å². The van der Waals surface area contributed by atoms with Gasteiger partial charge in [-0.15, -0.1) is 11.8 Å². The number of aryl methyl sites for hydroxylation is 2. The number of nitrogens with one attached hydrogen (secondary N) is 2. The first-order valence-electron chi connectivity index (χ1n) is 8.86. The van der Waals surface area contributed by atoms with Gasteiger partial charge in [-0.25, -0.2) is 0 Å². The highest BCUT2D eigenvalue weighted by molar-refractivity contribution is 8.01. The van der Waals surface area contributed by atoms with Crippen LogP contribution in [0.2, 0.25) is 0 Å². The molecule has 3 amide bonds. The minimum absolute atomic E-state index is 0.0579. The molecule has 0 spiro atoms. The molecular formula is C20H23N3O5S. The maximum absolute atomic E-state index is 12.0. The van der Waals surface area contributed by atoms with E-state index in [-0.39, 0.29) is 11.7 Å². The zero-order valence-electron chi connectivity index (χ0n) is 16.4. The number of anilines is 1. The molecule has 1 heterocycles. The number of benzene rings is 1. The average Bonchev–Trinajstić information content (AvgIpc) is 3.12. The fourth-order valence-electron chi connectivity index (χ4n) is 2.28. The number of aromatic nitrogens is 1. The summed E-state index contributed by atoms with van der Waals surface area (Å²) in [6.07, 6.45) is 1.67. The van der Waals surface area contributed by atoms with Crippen LogP contribution in [0.3, 0.4) is 0 Å². The number of nitrogens with zero attached hydrogens (tertiary/aromatic N) is 1. The Kier molecular flexibility index (Phi) is 8.02. The van der Waals surface area contributed by atoms with E-state index in [0.717, 1.165) is 17.3 Å². The number of rotatable bonds is 8. The van der Waals surface area contributed by atoms with Gasteiger partial charge in [0.25, 0.3) is 11.8 Å². The molecule has 0 aliphatic rings. The van der Waals surface area contributed by atoms with Crippen molar-refractivity contribution >= 4 is 41.1 Å². The molecule has 1 atom stereocenters. The molecule has 0 bridgehead atoms. The maximum atomic E-state index is 12.0. The number of thioether (sulfide) groups is 1. The highest BCUT2D eigenvalue weighted by Crippen LogP contribution is 2.14. The number of hydrogen-bond acceptors (Lipinski definition) is 6. The van der Waals surface area contributed by atoms with Crippen molar-refractivity contribution in [1.82, 2.24) is 9.88 Å². The van der Waals surface area contributed by atoms with Crippen molar-refractivity contribution in [1.29, 1.82) is 0 Å². The van der Waals surface area contributed by atoms with Crippen LogP contribution in [0, 0.1) is 6.92 Å². The number of imide groups is 1. The van der Waals surface area contributed by atoms with Crippen molar-refractivity contribution in [2.75, 3.05) is 17.7 Å². The first-order valence-corrected chi connectivity index (χ1v) is 9.91. The van der Waals surface area contributed by atoms with Crippen molar-refractivity contribution in [2.45, 2.75) is 19.1 Å². The molecule has 1 aromatic heterocycles. The normalized spacial score (nSPS) is 11.4. The summed E-state index contributed by atoms with van der Waals surface area (Å²) in [5.74, 6) is -2.13. The monoisotopic (exact) mass is 417 g/mol. The third-order valence-corrected chi connectivity index (χ3v) is 5.03. The molecular weight excluding hydrogens is 394 g/mol. The number of carbonyl (C=O) groups is 4. The summed E-state index contributed by atoms with van der Waals surface area (Å²) in [6.45, 7) is 2.96. The molecule has 8 nitrogen and oxygen atoms in total. The second-order valence-electron chi connectivity index (χ2n) is 6.36. The van der Waals surface area contributed by atoms with Crippen LogP contribution in [-0.4, -0.2) is 45.9 Å². The number of amides is 3. The van der Waals surface area contributed by atoms with Gasteiger partial charge in [-0.05, 0) is 38.1 Å². The lowest BCUT2D eigenvalue weighted by molar-refractivity contribution is -0.147. The van der Waals surface area contributed by atoms with E-state index in [9.17, 15) is 19.2 Å². The van der Waals surface area contributed by atoms with Crippen molar-refractivity contribution in [2.24, 2.45) is 7.05 Å². The van der Waals surface area contributed by atoms with Gasteiger partial charge in [-0.1, -0.05) is 17.7 Å². The molecule has 0 aliphatic carbocycles. The summed E-state index contributed by atoms with van der Waals surface area (Å²) in [6, 6.07) is 10.6. The van der Waals surface area contributed by atoms with Crippen LogP contribution < -0.4 is 10.6 Å². The van der Waals surface area contributed by atoms with Crippen LogP contribution in [0.1, 0.15) is 23.0 Å². The second-order valence-corrected chi connectivity index (χ2v) is 7.69. The predicted octanol–water partition coefficient (Wildman–Crippen LogP) is 1.89. The molecule has 154 valence electrons. The number of hydrogen-bond donors (Lipinski definition) is 2. The number of esters is 1. The average molecular weight is 417 g/mol. The fraction of sp³-hybridized carbons (Fsp3) is 0.300. The summed E-state index contributed by atoms with van der Waals surface area (Å²) < 4.78 is 6.48. The van der Waals surface area contributed by atoms with E-state index in [1.807, 2.05) is 19.1 Å². The summed E-state index contributed by atoms with van der Waals surface area (Å²) in [5, 5.41) is 4.25. The van der Waals surface area contributed by atoms with E-state index < -0.39 is 29.6 Å². The molecule has 0 fully saturated rings. The SMILES string of the molecule is Cc1ccc(NC(=O)CSC(C)C(=O)OCC(=O)NC(=O)c2cccn2C)cc1. The third-order valence-electron chi connectivity index (χ3n) is 3.91. The minimum Gasteiger partial charge on any atom is -0.455 e. The predicted molar refractivity (Wildman–Crippen MR) is 111 cm³/mol. The quantitative estimate of drug-likeness (QED) is 0.636. The molecule has 9 heteroatoms. The minimum atomic E-state index is -0.723. The van der Waals surface area contributed by atoms with Gasteiger partial charge in [0, 0.05) is 18.9 Å². The molecule has 2 aromatic rings. The molecule has 2 N–H and O–H groups in total. The first kappa shape index (κ1) is 22.2. The van der Waals surface area contributed by atoms with E-state index >= 15 is 0 Å². The summed E-state index contributed by atoms with van der Waals surface area (Å²) in [7, 11) is 1.67. The zero-order valence-corrected chi connectivity index (χ0v) is 17.2. The molecule has 29 heavy (non-hydrogen) atoms. The standard InChI is InChI=1S/C20H23N3O5S/c1-13-6-8-15(9-7-13)21-18(25)12-29-14(2)20(27)28-11-17(24)22-19(26)16-5-4-10-23(16)3/h4-10,14H,11-12H2,1-3H3,(H,21,25)(H,22,24,26). The van der Waals surface area contributed by atoms with Crippen molar-refractivity contribution in [3.05, 3.63) is 53.9 Å². The Bertz CT molecular complexity index is 892. The van der Waals surface area contributed by atoms with E-state index in [4.69, 9.17) is 4.74 Å². The Morgan fingerprint density at radius 2 is 1.79 bits per heavy atom. The van der Waals surface area contributed by atoms with Gasteiger partial charge in [0.2, 0.25) is 5.91 Å². The van der Waals surface area contributed by atoms with E-state index in [0.29, 0.717) is 11.4 Å². The molecule has 0 saturated carbocycles. The molecule has 0 radical (unpaired) electrons. The lowest BCUT2D eigenvalue weighted by atomic mass is 10.2. The smallest absolute Gasteiger partial charge is 0.319 e. The van der Waals surface area contributed by atoms with E-state index in [2.05, 4.69) is 10.6 Å². The Morgan fingerprint density at radius 1 is 1.10 bits per heavy atom. The second kappa shape index (κ2) is 10.5. The van der Waals surface area contributed by atoms with Crippen LogP contribution >= 0.6 is 11.8 Å². The molecule has 1 unspecified atom stereocenters. The van der Waals surface area contributed by atoms with Crippen LogP contribution in [0.15, 0.2) is 42.6 Å². The van der Waals surface area contributed by atoms with Crippen molar-refractivity contribution < 1.29 is 23.9 Å². The summed E-state index contributed by atoms with van der Waals surface area (Å²) >= 11 is 1.09. The van der Waals surface area contributed by atoms with Crippen LogP contribution in [0.25, 0.3) is 0 Å². The molecule has 2 rings (SSSR count). The van der Waals surface area contributed by atoms with Gasteiger partial charge in [0.15, 0.2) is 6.61 Å². The van der Waals surface area contributed by atoms with Crippen LogP contribution in [0.4, 0.5) is 5.69 Å². The lowest BCUT2D eigenvalue weighted by Crippen LogP contribution is -2.35. The van der Waals surface area contributed by atoms with Gasteiger partial charge < -0.3 is 14.6 Å². The molecule has 0 saturated heterocycles. The van der Waals surface area contributed by atoms with E-state index in [1.165, 1.54) is 0 Å². The Hall–Kier alpha value is -3.07. The zero-order chi connectivity index (χ0) is 21.4. The van der Waals surface area contributed by atoms with E-state index in [1.54, 1.807) is 49.0 Å². The van der Waals surface area contributed by atoms with Gasteiger partial charge >= 0.3 is 5.97 Å². The van der Waals surface area contributed by atoms with Crippen molar-refractivity contribution in [3.63, 3.8) is 0 Å². The Balaban J connectivity index is 1.69. The molecule has 0 aliphatic heterocycles.